The van der Waals surface area contributed by atoms with Crippen molar-refractivity contribution in [1.29, 1.82) is 0 Å². The molecular weight excluding hydrogens is 329 g/mol. The first kappa shape index (κ1) is 14.7. The maximum atomic E-state index is 13.7. The summed E-state index contributed by atoms with van der Waals surface area (Å²) < 4.78 is 24.9. The van der Waals surface area contributed by atoms with Crippen LogP contribution in [-0.2, 0) is 11.3 Å². The van der Waals surface area contributed by atoms with Crippen molar-refractivity contribution in [3.63, 3.8) is 0 Å². The molecule has 0 fully saturated rings. The summed E-state index contributed by atoms with van der Waals surface area (Å²) in [7, 11) is 0. The standard InChI is InChI=1S/C13H13BrFN3O2/c1-2-19-7-12-17-11(16)6-13(18-12)20-10-4-3-8(14)5-9(10)15/h3-6H,2,7H2,1H3,(H2,16,17,18). The fourth-order valence-electron chi connectivity index (χ4n) is 1.47. The quantitative estimate of drug-likeness (QED) is 0.903. The zero-order valence-corrected chi connectivity index (χ0v) is 12.4. The third-order valence-corrected chi connectivity index (χ3v) is 2.81. The Morgan fingerprint density at radius 3 is 2.80 bits per heavy atom. The van der Waals surface area contributed by atoms with Crippen molar-refractivity contribution in [2.45, 2.75) is 13.5 Å². The minimum Gasteiger partial charge on any atom is -0.436 e. The lowest BCUT2D eigenvalue weighted by Gasteiger charge is -2.08. The number of halogens is 2. The van der Waals surface area contributed by atoms with Crippen LogP contribution in [-0.4, -0.2) is 16.6 Å². The van der Waals surface area contributed by atoms with Gasteiger partial charge >= 0.3 is 0 Å². The number of rotatable bonds is 5. The molecule has 0 bridgehead atoms. The van der Waals surface area contributed by atoms with Crippen LogP contribution >= 0.6 is 15.9 Å². The summed E-state index contributed by atoms with van der Waals surface area (Å²) in [5.41, 5.74) is 5.66. The Hall–Kier alpha value is -1.73. The molecule has 1 heterocycles. The second-order valence-corrected chi connectivity index (χ2v) is 4.78. The summed E-state index contributed by atoms with van der Waals surface area (Å²) in [6.45, 7) is 2.62. The molecule has 0 atom stereocenters. The number of benzene rings is 1. The van der Waals surface area contributed by atoms with Crippen molar-refractivity contribution in [3.05, 3.63) is 40.4 Å². The number of aromatic nitrogens is 2. The van der Waals surface area contributed by atoms with Gasteiger partial charge in [-0.15, -0.1) is 0 Å². The van der Waals surface area contributed by atoms with Crippen molar-refractivity contribution in [3.8, 4) is 11.6 Å². The van der Waals surface area contributed by atoms with E-state index < -0.39 is 5.82 Å². The molecule has 0 spiro atoms. The minimum atomic E-state index is -0.497. The van der Waals surface area contributed by atoms with Crippen LogP contribution in [0.2, 0.25) is 0 Å². The summed E-state index contributed by atoms with van der Waals surface area (Å²) in [5.74, 6) is 0.367. The lowest BCUT2D eigenvalue weighted by atomic mass is 10.3. The van der Waals surface area contributed by atoms with Gasteiger partial charge in [0.25, 0.3) is 0 Å². The van der Waals surface area contributed by atoms with Gasteiger partial charge in [-0.05, 0) is 25.1 Å². The van der Waals surface area contributed by atoms with Crippen LogP contribution in [0.1, 0.15) is 12.7 Å². The van der Waals surface area contributed by atoms with E-state index in [4.69, 9.17) is 15.2 Å². The Morgan fingerprint density at radius 2 is 2.10 bits per heavy atom. The molecule has 0 aliphatic rings. The number of ether oxygens (including phenoxy) is 2. The van der Waals surface area contributed by atoms with Gasteiger partial charge in [0.1, 0.15) is 12.4 Å². The molecule has 2 aromatic rings. The van der Waals surface area contributed by atoms with Gasteiger partial charge in [0.05, 0.1) is 0 Å². The van der Waals surface area contributed by atoms with Crippen molar-refractivity contribution >= 4 is 21.7 Å². The molecule has 1 aromatic carbocycles. The fourth-order valence-corrected chi connectivity index (χ4v) is 1.81. The molecule has 2 N–H and O–H groups in total. The molecule has 0 unspecified atom stereocenters. The second kappa shape index (κ2) is 6.62. The highest BCUT2D eigenvalue weighted by Crippen LogP contribution is 2.26. The van der Waals surface area contributed by atoms with Crippen molar-refractivity contribution in [1.82, 2.24) is 9.97 Å². The van der Waals surface area contributed by atoms with E-state index in [1.165, 1.54) is 18.2 Å². The van der Waals surface area contributed by atoms with Gasteiger partial charge in [-0.3, -0.25) is 0 Å². The van der Waals surface area contributed by atoms with E-state index >= 15 is 0 Å². The first-order chi connectivity index (χ1) is 9.58. The molecule has 0 saturated heterocycles. The lowest BCUT2D eigenvalue weighted by Crippen LogP contribution is -2.04. The Kier molecular flexibility index (Phi) is 4.86. The average molecular weight is 342 g/mol. The smallest absolute Gasteiger partial charge is 0.224 e. The number of nitrogens with two attached hydrogens (primary N) is 1. The lowest BCUT2D eigenvalue weighted by molar-refractivity contribution is 0.128. The van der Waals surface area contributed by atoms with Gasteiger partial charge in [0.2, 0.25) is 5.88 Å². The molecular formula is C13H13BrFN3O2. The Morgan fingerprint density at radius 1 is 1.30 bits per heavy atom. The number of nitrogens with zero attached hydrogens (tertiary/aromatic N) is 2. The zero-order chi connectivity index (χ0) is 14.5. The molecule has 5 nitrogen and oxygen atoms in total. The Bertz CT molecular complexity index is 610. The van der Waals surface area contributed by atoms with Gasteiger partial charge < -0.3 is 15.2 Å². The van der Waals surface area contributed by atoms with Gasteiger partial charge in [-0.25, -0.2) is 9.37 Å². The molecule has 0 amide bonds. The third kappa shape index (κ3) is 3.88. The van der Waals surface area contributed by atoms with E-state index in [0.29, 0.717) is 16.9 Å². The van der Waals surface area contributed by atoms with Crippen LogP contribution in [0.3, 0.4) is 0 Å². The van der Waals surface area contributed by atoms with E-state index in [9.17, 15) is 4.39 Å². The van der Waals surface area contributed by atoms with Crippen molar-refractivity contribution in [2.75, 3.05) is 12.3 Å². The zero-order valence-electron chi connectivity index (χ0n) is 10.8. The molecule has 20 heavy (non-hydrogen) atoms. The van der Waals surface area contributed by atoms with Crippen LogP contribution in [0.4, 0.5) is 10.2 Å². The van der Waals surface area contributed by atoms with Gasteiger partial charge in [0, 0.05) is 17.1 Å². The molecule has 0 saturated carbocycles. The highest BCUT2D eigenvalue weighted by Gasteiger charge is 2.09. The van der Waals surface area contributed by atoms with E-state index in [2.05, 4.69) is 25.9 Å². The number of hydrogen-bond donors (Lipinski definition) is 1. The maximum Gasteiger partial charge on any atom is 0.224 e. The average Bonchev–Trinajstić information content (AvgIpc) is 2.39. The Labute approximate surface area is 124 Å². The summed E-state index contributed by atoms with van der Waals surface area (Å²) >= 11 is 3.18. The first-order valence-electron chi connectivity index (χ1n) is 5.92. The number of nitrogen functional groups attached to an aromatic ring is 1. The van der Waals surface area contributed by atoms with E-state index in [1.807, 2.05) is 6.92 Å². The SMILES string of the molecule is CCOCc1nc(N)cc(Oc2ccc(Br)cc2F)n1. The van der Waals surface area contributed by atoms with Crippen LogP contribution in [0, 0.1) is 5.82 Å². The molecule has 2 rings (SSSR count). The summed E-state index contributed by atoms with van der Waals surface area (Å²) in [5, 5.41) is 0. The monoisotopic (exact) mass is 341 g/mol. The van der Waals surface area contributed by atoms with E-state index in [1.54, 1.807) is 6.07 Å². The van der Waals surface area contributed by atoms with Crippen LogP contribution in [0.25, 0.3) is 0 Å². The van der Waals surface area contributed by atoms with Gasteiger partial charge in [-0.1, -0.05) is 15.9 Å². The minimum absolute atomic E-state index is 0.0636. The van der Waals surface area contributed by atoms with E-state index in [-0.39, 0.29) is 24.1 Å². The van der Waals surface area contributed by atoms with Gasteiger partial charge in [-0.2, -0.15) is 4.98 Å². The number of anilines is 1. The topological polar surface area (TPSA) is 70.3 Å². The van der Waals surface area contributed by atoms with Crippen molar-refractivity contribution < 1.29 is 13.9 Å². The summed E-state index contributed by atoms with van der Waals surface area (Å²) in [6.07, 6.45) is 0. The molecule has 106 valence electrons. The van der Waals surface area contributed by atoms with Crippen molar-refractivity contribution in [2.24, 2.45) is 0 Å². The van der Waals surface area contributed by atoms with Crippen LogP contribution < -0.4 is 10.5 Å². The first-order valence-corrected chi connectivity index (χ1v) is 6.72. The molecule has 0 aliphatic heterocycles. The van der Waals surface area contributed by atoms with E-state index in [0.717, 1.165) is 0 Å². The second-order valence-electron chi connectivity index (χ2n) is 3.86. The molecule has 7 heteroatoms. The normalized spacial score (nSPS) is 10.6. The highest BCUT2D eigenvalue weighted by atomic mass is 79.9. The third-order valence-electron chi connectivity index (χ3n) is 2.31. The van der Waals surface area contributed by atoms with Gasteiger partial charge in [0.15, 0.2) is 17.4 Å². The molecule has 0 radical (unpaired) electrons. The number of hydrogen-bond acceptors (Lipinski definition) is 5. The Balaban J connectivity index is 2.21. The molecule has 0 aliphatic carbocycles. The summed E-state index contributed by atoms with van der Waals surface area (Å²) in [4.78, 5) is 8.12. The predicted molar refractivity (Wildman–Crippen MR) is 75.9 cm³/mol. The molecule has 1 aromatic heterocycles. The maximum absolute atomic E-state index is 13.7. The fraction of sp³-hybridized carbons (Fsp3) is 0.231. The van der Waals surface area contributed by atoms with Crippen LogP contribution in [0.5, 0.6) is 11.6 Å². The summed E-state index contributed by atoms with van der Waals surface area (Å²) in [6, 6.07) is 5.90. The van der Waals surface area contributed by atoms with Crippen LogP contribution in [0.15, 0.2) is 28.7 Å². The predicted octanol–water partition coefficient (Wildman–Crippen LogP) is 3.29. The highest BCUT2D eigenvalue weighted by molar-refractivity contribution is 9.10. The largest absolute Gasteiger partial charge is 0.436 e.